The highest BCUT2D eigenvalue weighted by Crippen LogP contribution is 2.37. The molecule has 3 heteroatoms. The second kappa shape index (κ2) is 8.93. The van der Waals surface area contributed by atoms with Crippen LogP contribution in [0.3, 0.4) is 0 Å². The van der Waals surface area contributed by atoms with Crippen molar-refractivity contribution in [2.24, 2.45) is 0 Å². The summed E-state index contributed by atoms with van der Waals surface area (Å²) in [6, 6.07) is 0. The molecule has 0 rings (SSSR count). The van der Waals surface area contributed by atoms with Crippen molar-refractivity contribution in [3.05, 3.63) is 12.2 Å². The van der Waals surface area contributed by atoms with Crippen molar-refractivity contribution < 1.29 is 9.53 Å². The first kappa shape index (κ1) is 18.9. The molecule has 2 nitrogen and oxygen atoms in total. The summed E-state index contributed by atoms with van der Waals surface area (Å²) in [5.41, 5.74) is 0. The van der Waals surface area contributed by atoms with Gasteiger partial charge in [-0.05, 0) is 37.4 Å². The minimum atomic E-state index is -1.76. The average molecular weight is 287 g/mol. The zero-order valence-electron chi connectivity index (χ0n) is 13.8. The van der Waals surface area contributed by atoms with E-state index in [2.05, 4.69) is 52.9 Å². The second-order valence-electron chi connectivity index (χ2n) is 6.89. The van der Waals surface area contributed by atoms with E-state index < -0.39 is 8.32 Å². The van der Waals surface area contributed by atoms with E-state index in [0.29, 0.717) is 0 Å². The molecule has 0 saturated heterocycles. The summed E-state index contributed by atoms with van der Waals surface area (Å²) in [4.78, 5) is 0. The van der Waals surface area contributed by atoms with Gasteiger partial charge in [0.2, 0.25) is 0 Å². The van der Waals surface area contributed by atoms with Gasteiger partial charge >= 0.3 is 0 Å². The van der Waals surface area contributed by atoms with Crippen LogP contribution in [0.15, 0.2) is 12.2 Å². The Hall–Kier alpha value is -0.123. The Morgan fingerprint density at radius 3 is 2.26 bits per heavy atom. The average Bonchev–Trinajstić information content (AvgIpc) is 2.30. The monoisotopic (exact) mass is 286 g/mol. The van der Waals surface area contributed by atoms with E-state index in [1.807, 2.05) is 0 Å². The van der Waals surface area contributed by atoms with Gasteiger partial charge in [0, 0.05) is 0 Å². The van der Waals surface area contributed by atoms with Crippen molar-refractivity contribution in [1.82, 2.24) is 0 Å². The Morgan fingerprint density at radius 1 is 1.16 bits per heavy atom. The molecule has 0 aromatic carbocycles. The minimum Gasteiger partial charge on any atom is -0.411 e. The van der Waals surface area contributed by atoms with Crippen molar-refractivity contribution >= 4 is 8.32 Å². The molecule has 0 aliphatic rings. The summed E-state index contributed by atoms with van der Waals surface area (Å²) in [7, 11) is -1.76. The molecule has 0 radical (unpaired) electrons. The normalized spacial score (nSPS) is 15.1. The third kappa shape index (κ3) is 7.90. The maximum atomic E-state index is 9.46. The minimum absolute atomic E-state index is 0.0386. The molecule has 0 aromatic rings. The largest absolute Gasteiger partial charge is 0.411 e. The number of aliphatic hydroxyl groups excluding tert-OH is 1. The zero-order valence-corrected chi connectivity index (χ0v) is 14.8. The second-order valence-corrected chi connectivity index (χ2v) is 11.6. The number of rotatable bonds is 9. The topological polar surface area (TPSA) is 29.5 Å². The molecule has 0 aliphatic heterocycles. The maximum Gasteiger partial charge on any atom is 0.192 e. The molecule has 114 valence electrons. The van der Waals surface area contributed by atoms with Crippen molar-refractivity contribution in [2.45, 2.75) is 84.0 Å². The van der Waals surface area contributed by atoms with Crippen LogP contribution in [0, 0.1) is 0 Å². The number of aliphatic hydroxyl groups is 1. The first-order valence-electron chi connectivity index (χ1n) is 7.68. The first-order chi connectivity index (χ1) is 8.74. The highest BCUT2D eigenvalue weighted by molar-refractivity contribution is 6.74. The highest BCUT2D eigenvalue weighted by atomic mass is 28.4. The van der Waals surface area contributed by atoms with Gasteiger partial charge in [0.25, 0.3) is 0 Å². The molecule has 0 unspecified atom stereocenters. The van der Waals surface area contributed by atoms with E-state index in [0.717, 1.165) is 12.8 Å². The molecule has 0 aromatic heterocycles. The first-order valence-corrected chi connectivity index (χ1v) is 10.6. The van der Waals surface area contributed by atoms with E-state index in [4.69, 9.17) is 4.43 Å². The SMILES string of the molecule is CCCCC/C=C\C[C@H](CO)O[Si](C)(C)C(C)(C)C. The number of allylic oxidation sites excluding steroid dienone is 1. The Bertz CT molecular complexity index is 254. The predicted molar refractivity (Wildman–Crippen MR) is 87.1 cm³/mol. The molecule has 0 bridgehead atoms. The molecule has 0 spiro atoms. The summed E-state index contributed by atoms with van der Waals surface area (Å²) in [6.45, 7) is 13.5. The van der Waals surface area contributed by atoms with Crippen LogP contribution in [-0.2, 0) is 4.43 Å². The van der Waals surface area contributed by atoms with Gasteiger partial charge in [-0.1, -0.05) is 52.7 Å². The third-order valence-electron chi connectivity index (χ3n) is 4.01. The van der Waals surface area contributed by atoms with Gasteiger partial charge in [-0.3, -0.25) is 0 Å². The van der Waals surface area contributed by atoms with E-state index in [1.54, 1.807) is 0 Å². The molecule has 0 saturated carbocycles. The summed E-state index contributed by atoms with van der Waals surface area (Å²) >= 11 is 0. The Labute approximate surface area is 121 Å². The van der Waals surface area contributed by atoms with Crippen LogP contribution in [0.4, 0.5) is 0 Å². The number of unbranched alkanes of at least 4 members (excludes halogenated alkanes) is 3. The van der Waals surface area contributed by atoms with Gasteiger partial charge in [0.1, 0.15) is 0 Å². The van der Waals surface area contributed by atoms with Crippen LogP contribution in [-0.4, -0.2) is 26.1 Å². The Kier molecular flexibility index (Phi) is 8.87. The zero-order chi connectivity index (χ0) is 14.9. The molecule has 1 atom stereocenters. The van der Waals surface area contributed by atoms with Crippen molar-refractivity contribution in [2.75, 3.05) is 6.61 Å². The van der Waals surface area contributed by atoms with Gasteiger partial charge < -0.3 is 9.53 Å². The lowest BCUT2D eigenvalue weighted by Gasteiger charge is -2.38. The molecule has 0 aliphatic carbocycles. The quantitative estimate of drug-likeness (QED) is 0.371. The molecular formula is C16H34O2Si. The number of hydrogen-bond donors (Lipinski definition) is 1. The standard InChI is InChI=1S/C16H34O2Si/c1-7-8-9-10-11-12-13-15(14-17)18-19(5,6)16(2,3)4/h11-12,15,17H,7-10,13-14H2,1-6H3/b12-11-/t15-/m1/s1. The summed E-state index contributed by atoms with van der Waals surface area (Å²) in [5, 5.41) is 9.66. The van der Waals surface area contributed by atoms with E-state index in [-0.39, 0.29) is 17.7 Å². The predicted octanol–water partition coefficient (Wildman–Crippen LogP) is 4.90. The van der Waals surface area contributed by atoms with Crippen LogP contribution >= 0.6 is 0 Å². The summed E-state index contributed by atoms with van der Waals surface area (Å²) in [5.74, 6) is 0. The molecule has 0 amide bonds. The van der Waals surface area contributed by atoms with Gasteiger partial charge in [-0.15, -0.1) is 0 Å². The van der Waals surface area contributed by atoms with Crippen LogP contribution < -0.4 is 0 Å². The van der Waals surface area contributed by atoms with Crippen LogP contribution in [0.5, 0.6) is 0 Å². The van der Waals surface area contributed by atoms with Crippen molar-refractivity contribution in [3.8, 4) is 0 Å². The Morgan fingerprint density at radius 2 is 1.79 bits per heavy atom. The fourth-order valence-electron chi connectivity index (χ4n) is 1.63. The lowest BCUT2D eigenvalue weighted by Crippen LogP contribution is -2.44. The van der Waals surface area contributed by atoms with Gasteiger partial charge in [-0.2, -0.15) is 0 Å². The fourth-order valence-corrected chi connectivity index (χ4v) is 2.99. The lowest BCUT2D eigenvalue weighted by atomic mass is 10.2. The van der Waals surface area contributed by atoms with Crippen molar-refractivity contribution in [1.29, 1.82) is 0 Å². The van der Waals surface area contributed by atoms with Crippen LogP contribution in [0.2, 0.25) is 18.1 Å². The fraction of sp³-hybridized carbons (Fsp3) is 0.875. The smallest absolute Gasteiger partial charge is 0.192 e. The van der Waals surface area contributed by atoms with E-state index in [9.17, 15) is 5.11 Å². The number of hydrogen-bond acceptors (Lipinski definition) is 2. The third-order valence-corrected chi connectivity index (χ3v) is 8.55. The molecule has 1 N–H and O–H groups in total. The van der Waals surface area contributed by atoms with Gasteiger partial charge in [-0.25, -0.2) is 0 Å². The molecule has 0 fully saturated rings. The van der Waals surface area contributed by atoms with E-state index >= 15 is 0 Å². The molecule has 19 heavy (non-hydrogen) atoms. The lowest BCUT2D eigenvalue weighted by molar-refractivity contribution is 0.105. The van der Waals surface area contributed by atoms with Crippen molar-refractivity contribution in [3.63, 3.8) is 0 Å². The Balaban J connectivity index is 4.15. The van der Waals surface area contributed by atoms with Crippen LogP contribution in [0.1, 0.15) is 59.8 Å². The van der Waals surface area contributed by atoms with E-state index in [1.165, 1.54) is 19.3 Å². The molecule has 0 heterocycles. The highest BCUT2D eigenvalue weighted by Gasteiger charge is 2.38. The van der Waals surface area contributed by atoms with Gasteiger partial charge in [0.15, 0.2) is 8.32 Å². The maximum absolute atomic E-state index is 9.46. The van der Waals surface area contributed by atoms with Crippen LogP contribution in [0.25, 0.3) is 0 Å². The molecular weight excluding hydrogens is 252 g/mol. The summed E-state index contributed by atoms with van der Waals surface area (Å²) < 4.78 is 6.22. The summed E-state index contributed by atoms with van der Waals surface area (Å²) in [6.07, 6.45) is 10.2. The van der Waals surface area contributed by atoms with Gasteiger partial charge in [0.05, 0.1) is 12.7 Å².